The van der Waals surface area contributed by atoms with Gasteiger partial charge in [-0.2, -0.15) is 0 Å². The minimum Gasteiger partial charge on any atom is -0.481 e. The van der Waals surface area contributed by atoms with Crippen molar-refractivity contribution in [1.29, 1.82) is 0 Å². The minimum atomic E-state index is -1.70. The highest BCUT2D eigenvalue weighted by atomic mass is 16.5. The van der Waals surface area contributed by atoms with Crippen molar-refractivity contribution in [3.8, 4) is 22.4 Å². The lowest BCUT2D eigenvalue weighted by molar-refractivity contribution is -0.142. The number of carboxylic acid groups (broad SMARTS) is 2. The van der Waals surface area contributed by atoms with Crippen LogP contribution in [0.4, 0.5) is 0 Å². The molecular formula is C26H28N4O8. The standard InChI is InChI=1S/C26H28N4O8/c27-25(36)20(13-23(32)33)29-26(37)21(14-24(34)35)28-22(31)11-10-18-12-19(30-38-18)17-8-6-16(7-9-17)15-4-2-1-3-5-15/h1-9,12,20-21,25,36H,10-11,13-14,27H2,(H,28,31)(H,29,37)(H,32,33)(H,34,35)/t20?,21-,25?/m0/s1. The maximum Gasteiger partial charge on any atom is 0.305 e. The first-order valence-corrected chi connectivity index (χ1v) is 11.7. The van der Waals surface area contributed by atoms with E-state index < -0.39 is 54.9 Å². The van der Waals surface area contributed by atoms with Gasteiger partial charge in [0.25, 0.3) is 0 Å². The quantitative estimate of drug-likeness (QED) is 0.176. The monoisotopic (exact) mass is 524 g/mol. The first kappa shape index (κ1) is 28.0. The molecular weight excluding hydrogens is 496 g/mol. The molecule has 38 heavy (non-hydrogen) atoms. The van der Waals surface area contributed by atoms with Gasteiger partial charge in [0.2, 0.25) is 11.8 Å². The molecule has 2 aromatic carbocycles. The topological polar surface area (TPSA) is 205 Å². The van der Waals surface area contributed by atoms with E-state index in [4.69, 9.17) is 20.5 Å². The number of aliphatic carboxylic acids is 2. The molecule has 0 fully saturated rings. The maximum atomic E-state index is 12.5. The van der Waals surface area contributed by atoms with Crippen LogP contribution in [-0.4, -0.2) is 62.5 Å². The van der Waals surface area contributed by atoms with E-state index in [0.29, 0.717) is 11.5 Å². The highest BCUT2D eigenvalue weighted by Crippen LogP contribution is 2.25. The number of amides is 2. The predicted molar refractivity (Wildman–Crippen MR) is 134 cm³/mol. The smallest absolute Gasteiger partial charge is 0.305 e. The van der Waals surface area contributed by atoms with Gasteiger partial charge in [-0.15, -0.1) is 0 Å². The molecule has 0 aliphatic rings. The van der Waals surface area contributed by atoms with Crippen molar-refractivity contribution >= 4 is 23.8 Å². The Balaban J connectivity index is 1.57. The number of nitrogens with zero attached hydrogens (tertiary/aromatic N) is 1. The molecule has 0 saturated carbocycles. The van der Waals surface area contributed by atoms with Gasteiger partial charge in [0.1, 0.15) is 23.7 Å². The van der Waals surface area contributed by atoms with Crippen LogP contribution in [0.1, 0.15) is 25.0 Å². The van der Waals surface area contributed by atoms with Crippen molar-refractivity contribution < 1.29 is 39.0 Å². The van der Waals surface area contributed by atoms with Crippen molar-refractivity contribution in [1.82, 2.24) is 15.8 Å². The summed E-state index contributed by atoms with van der Waals surface area (Å²) in [6, 6.07) is 16.4. The zero-order chi connectivity index (χ0) is 27.7. The molecule has 1 aromatic heterocycles. The summed E-state index contributed by atoms with van der Waals surface area (Å²) in [7, 11) is 0. The number of aliphatic hydroxyl groups is 1. The Hall–Kier alpha value is -4.55. The lowest BCUT2D eigenvalue weighted by atomic mass is 10.0. The number of aromatic nitrogens is 1. The fraction of sp³-hybridized carbons (Fsp3) is 0.269. The van der Waals surface area contributed by atoms with Crippen molar-refractivity contribution in [3.05, 3.63) is 66.4 Å². The molecule has 0 saturated heterocycles. The van der Waals surface area contributed by atoms with Crippen LogP contribution in [0.5, 0.6) is 0 Å². The first-order chi connectivity index (χ1) is 18.1. The number of carboxylic acids is 2. The van der Waals surface area contributed by atoms with Gasteiger partial charge < -0.3 is 36.2 Å². The van der Waals surface area contributed by atoms with Crippen LogP contribution in [-0.2, 0) is 25.6 Å². The van der Waals surface area contributed by atoms with Gasteiger partial charge in [0.05, 0.1) is 18.9 Å². The molecule has 200 valence electrons. The lowest BCUT2D eigenvalue weighted by Gasteiger charge is -2.23. The van der Waals surface area contributed by atoms with E-state index >= 15 is 0 Å². The summed E-state index contributed by atoms with van der Waals surface area (Å²) >= 11 is 0. The first-order valence-electron chi connectivity index (χ1n) is 11.7. The maximum absolute atomic E-state index is 12.5. The van der Waals surface area contributed by atoms with Crippen molar-refractivity contribution in [3.63, 3.8) is 0 Å². The Labute approximate surface area is 217 Å². The largest absolute Gasteiger partial charge is 0.481 e. The van der Waals surface area contributed by atoms with Gasteiger partial charge in [-0.25, -0.2) is 0 Å². The summed E-state index contributed by atoms with van der Waals surface area (Å²) < 4.78 is 5.32. The van der Waals surface area contributed by atoms with Gasteiger partial charge in [-0.05, 0) is 11.1 Å². The average molecular weight is 525 g/mol. The number of benzene rings is 2. The Morgan fingerprint density at radius 1 is 0.868 bits per heavy atom. The highest BCUT2D eigenvalue weighted by Gasteiger charge is 2.28. The molecule has 12 nitrogen and oxygen atoms in total. The van der Waals surface area contributed by atoms with E-state index in [1.165, 1.54) is 0 Å². The normalized spacial score (nSPS) is 13.2. The SMILES string of the molecule is NC(O)C(CC(=O)O)NC(=O)[C@H](CC(=O)O)NC(=O)CCc1cc(-c2ccc(-c3ccccc3)cc2)no1. The second kappa shape index (κ2) is 13.1. The van der Waals surface area contributed by atoms with Crippen LogP contribution in [0.25, 0.3) is 22.4 Å². The summed E-state index contributed by atoms with van der Waals surface area (Å²) in [4.78, 5) is 47.0. The lowest BCUT2D eigenvalue weighted by Crippen LogP contribution is -2.55. The molecule has 0 aliphatic heterocycles. The molecule has 3 rings (SSSR count). The Kier molecular flexibility index (Phi) is 9.68. The molecule has 3 aromatic rings. The second-order valence-electron chi connectivity index (χ2n) is 8.54. The van der Waals surface area contributed by atoms with E-state index in [2.05, 4.69) is 15.8 Å². The summed E-state index contributed by atoms with van der Waals surface area (Å²) in [5.74, 6) is -3.92. The van der Waals surface area contributed by atoms with E-state index in [1.807, 2.05) is 54.6 Å². The third-order valence-corrected chi connectivity index (χ3v) is 5.61. The van der Waals surface area contributed by atoms with Crippen LogP contribution in [0.15, 0.2) is 65.2 Å². The van der Waals surface area contributed by atoms with E-state index in [-0.39, 0.29) is 12.8 Å². The summed E-state index contributed by atoms with van der Waals surface area (Å²) in [6.45, 7) is 0. The highest BCUT2D eigenvalue weighted by molar-refractivity contribution is 5.91. The number of rotatable bonds is 13. The zero-order valence-electron chi connectivity index (χ0n) is 20.2. The summed E-state index contributed by atoms with van der Waals surface area (Å²) in [5.41, 5.74) is 8.81. The molecule has 0 radical (unpaired) electrons. The molecule has 1 heterocycles. The number of hydrogen-bond acceptors (Lipinski definition) is 8. The molecule has 2 amide bonds. The number of aliphatic hydroxyl groups excluding tert-OH is 1. The van der Waals surface area contributed by atoms with E-state index in [1.54, 1.807) is 6.07 Å². The zero-order valence-corrected chi connectivity index (χ0v) is 20.2. The van der Waals surface area contributed by atoms with Crippen molar-refractivity contribution in [2.24, 2.45) is 5.73 Å². The second-order valence-corrected chi connectivity index (χ2v) is 8.54. The van der Waals surface area contributed by atoms with Gasteiger partial charge in [0.15, 0.2) is 0 Å². The average Bonchev–Trinajstić information content (AvgIpc) is 3.36. The fourth-order valence-electron chi connectivity index (χ4n) is 3.65. The molecule has 0 spiro atoms. The Morgan fingerprint density at radius 3 is 2.08 bits per heavy atom. The Morgan fingerprint density at radius 2 is 1.47 bits per heavy atom. The van der Waals surface area contributed by atoms with Crippen molar-refractivity contribution in [2.45, 2.75) is 44.0 Å². The van der Waals surface area contributed by atoms with Crippen molar-refractivity contribution in [2.75, 3.05) is 0 Å². The number of carbonyl (C=O) groups is 4. The minimum absolute atomic E-state index is 0.130. The Bertz CT molecular complexity index is 1260. The van der Waals surface area contributed by atoms with Gasteiger partial charge in [-0.1, -0.05) is 59.8 Å². The summed E-state index contributed by atoms with van der Waals surface area (Å²) in [5, 5.41) is 36.0. The number of carbonyl (C=O) groups excluding carboxylic acids is 2. The molecule has 0 bridgehead atoms. The fourth-order valence-corrected chi connectivity index (χ4v) is 3.65. The molecule has 2 unspecified atom stereocenters. The van der Waals surface area contributed by atoms with Gasteiger partial charge in [0, 0.05) is 24.5 Å². The third-order valence-electron chi connectivity index (χ3n) is 5.61. The van der Waals surface area contributed by atoms with E-state index in [0.717, 1.165) is 16.7 Å². The van der Waals surface area contributed by atoms with Crippen LogP contribution in [0.3, 0.4) is 0 Å². The number of hydrogen-bond donors (Lipinski definition) is 6. The van der Waals surface area contributed by atoms with Gasteiger partial charge >= 0.3 is 11.9 Å². The van der Waals surface area contributed by atoms with Crippen LogP contribution >= 0.6 is 0 Å². The van der Waals surface area contributed by atoms with Crippen LogP contribution in [0, 0.1) is 0 Å². The van der Waals surface area contributed by atoms with Crippen LogP contribution < -0.4 is 16.4 Å². The summed E-state index contributed by atoms with van der Waals surface area (Å²) in [6.07, 6.45) is -3.16. The molecule has 3 atom stereocenters. The molecule has 12 heteroatoms. The number of nitrogens with two attached hydrogens (primary N) is 1. The number of aryl methyl sites for hydroxylation is 1. The number of nitrogens with one attached hydrogen (secondary N) is 2. The molecule has 7 N–H and O–H groups in total. The third kappa shape index (κ3) is 8.25. The molecule has 0 aliphatic carbocycles. The predicted octanol–water partition coefficient (Wildman–Crippen LogP) is 1.14. The van der Waals surface area contributed by atoms with Crippen LogP contribution in [0.2, 0.25) is 0 Å². The van der Waals surface area contributed by atoms with Gasteiger partial charge in [-0.3, -0.25) is 19.2 Å². The van der Waals surface area contributed by atoms with E-state index in [9.17, 15) is 24.3 Å².